The highest BCUT2D eigenvalue weighted by Crippen LogP contribution is 2.25. The van der Waals surface area contributed by atoms with Gasteiger partial charge in [0.1, 0.15) is 5.01 Å². The lowest BCUT2D eigenvalue weighted by Gasteiger charge is -2.34. The van der Waals surface area contributed by atoms with Crippen LogP contribution in [0.2, 0.25) is 0 Å². The van der Waals surface area contributed by atoms with E-state index in [1.54, 1.807) is 11.3 Å². The Morgan fingerprint density at radius 1 is 1.35 bits per heavy atom. The minimum Gasteiger partial charge on any atom is -0.327 e. The van der Waals surface area contributed by atoms with Crippen molar-refractivity contribution in [2.45, 2.75) is 25.9 Å². The maximum atomic E-state index is 6.07. The van der Waals surface area contributed by atoms with Crippen molar-refractivity contribution in [1.29, 1.82) is 0 Å². The molecular weight excluding hydrogens is 266 g/mol. The summed E-state index contributed by atoms with van der Waals surface area (Å²) in [4.78, 5) is 7.23. The summed E-state index contributed by atoms with van der Waals surface area (Å²) in [5.41, 5.74) is 8.46. The Labute approximate surface area is 124 Å². The van der Waals surface area contributed by atoms with Gasteiger partial charge in [-0.1, -0.05) is 37.3 Å². The lowest BCUT2D eigenvalue weighted by atomic mass is 9.95. The van der Waals surface area contributed by atoms with E-state index < -0.39 is 0 Å². The van der Waals surface area contributed by atoms with Gasteiger partial charge in [0.15, 0.2) is 0 Å². The Kier molecular flexibility index (Phi) is 4.15. The van der Waals surface area contributed by atoms with Crippen molar-refractivity contribution in [1.82, 2.24) is 9.88 Å². The minimum atomic E-state index is 0.363. The van der Waals surface area contributed by atoms with Crippen LogP contribution in [0.15, 0.2) is 35.7 Å². The summed E-state index contributed by atoms with van der Waals surface area (Å²) in [5.74, 6) is 0.580. The van der Waals surface area contributed by atoms with Gasteiger partial charge in [0.25, 0.3) is 0 Å². The molecule has 0 bridgehead atoms. The van der Waals surface area contributed by atoms with Crippen molar-refractivity contribution in [2.75, 3.05) is 13.1 Å². The number of piperidine rings is 1. The summed E-state index contributed by atoms with van der Waals surface area (Å²) in [5, 5.41) is 3.30. The number of nitrogens with zero attached hydrogens (tertiary/aromatic N) is 2. The summed E-state index contributed by atoms with van der Waals surface area (Å²) in [6.07, 6.45) is 1.09. The average molecular weight is 287 g/mol. The third-order valence-corrected chi connectivity index (χ3v) is 4.95. The van der Waals surface area contributed by atoms with Crippen LogP contribution in [0.1, 0.15) is 19.0 Å². The van der Waals surface area contributed by atoms with Crippen LogP contribution < -0.4 is 5.73 Å². The molecule has 3 rings (SSSR count). The van der Waals surface area contributed by atoms with Crippen LogP contribution in [0.4, 0.5) is 0 Å². The smallest absolute Gasteiger partial charge is 0.123 e. The Bertz CT molecular complexity index is 552. The van der Waals surface area contributed by atoms with Gasteiger partial charge in [-0.05, 0) is 12.3 Å². The number of hydrogen-bond donors (Lipinski definition) is 1. The number of thiazole rings is 1. The minimum absolute atomic E-state index is 0.363. The Balaban J connectivity index is 1.66. The van der Waals surface area contributed by atoms with Crippen molar-refractivity contribution in [3.63, 3.8) is 0 Å². The first kappa shape index (κ1) is 13.7. The molecule has 1 aliphatic heterocycles. The third kappa shape index (κ3) is 3.08. The first-order valence-electron chi connectivity index (χ1n) is 7.20. The third-order valence-electron chi connectivity index (χ3n) is 4.01. The van der Waals surface area contributed by atoms with Crippen LogP contribution in [0, 0.1) is 5.92 Å². The summed E-state index contributed by atoms with van der Waals surface area (Å²) < 4.78 is 0. The summed E-state index contributed by atoms with van der Waals surface area (Å²) in [7, 11) is 0. The van der Waals surface area contributed by atoms with E-state index in [-0.39, 0.29) is 0 Å². The van der Waals surface area contributed by atoms with Gasteiger partial charge in [-0.15, -0.1) is 11.3 Å². The van der Waals surface area contributed by atoms with Crippen molar-refractivity contribution >= 4 is 11.3 Å². The molecule has 0 radical (unpaired) electrons. The zero-order valence-corrected chi connectivity index (χ0v) is 12.6. The molecule has 2 atom stereocenters. The van der Waals surface area contributed by atoms with Gasteiger partial charge in [-0.3, -0.25) is 4.90 Å². The molecule has 106 valence electrons. The molecule has 0 amide bonds. The highest BCUT2D eigenvalue weighted by molar-refractivity contribution is 7.13. The summed E-state index contributed by atoms with van der Waals surface area (Å²) in [6, 6.07) is 10.8. The van der Waals surface area contributed by atoms with Crippen LogP contribution in [0.3, 0.4) is 0 Å². The Morgan fingerprint density at radius 2 is 2.15 bits per heavy atom. The zero-order valence-electron chi connectivity index (χ0n) is 11.8. The molecule has 1 aromatic heterocycles. The lowest BCUT2D eigenvalue weighted by Crippen LogP contribution is -2.45. The fourth-order valence-corrected chi connectivity index (χ4v) is 3.53. The van der Waals surface area contributed by atoms with Crippen molar-refractivity contribution in [2.24, 2.45) is 11.7 Å². The molecule has 1 saturated heterocycles. The normalized spacial score (nSPS) is 23.9. The molecule has 20 heavy (non-hydrogen) atoms. The summed E-state index contributed by atoms with van der Waals surface area (Å²) in [6.45, 7) is 5.36. The first-order valence-corrected chi connectivity index (χ1v) is 8.08. The van der Waals surface area contributed by atoms with Crippen molar-refractivity contribution in [3.05, 3.63) is 41.4 Å². The number of nitrogens with two attached hydrogens (primary N) is 1. The first-order chi connectivity index (χ1) is 9.72. The molecule has 2 heterocycles. The van der Waals surface area contributed by atoms with E-state index in [2.05, 4.69) is 41.5 Å². The maximum Gasteiger partial charge on any atom is 0.123 e. The second kappa shape index (κ2) is 6.04. The molecule has 1 aliphatic rings. The van der Waals surface area contributed by atoms with E-state index in [0.717, 1.165) is 31.1 Å². The molecule has 4 heteroatoms. The van der Waals surface area contributed by atoms with Gasteiger partial charge in [0.05, 0.1) is 5.69 Å². The zero-order chi connectivity index (χ0) is 13.9. The Hall–Kier alpha value is -1.23. The van der Waals surface area contributed by atoms with E-state index in [4.69, 9.17) is 10.7 Å². The molecule has 1 aromatic carbocycles. The highest BCUT2D eigenvalue weighted by Gasteiger charge is 2.23. The Morgan fingerprint density at radius 3 is 2.90 bits per heavy atom. The molecule has 2 unspecified atom stereocenters. The van der Waals surface area contributed by atoms with Gasteiger partial charge in [0, 0.05) is 36.6 Å². The van der Waals surface area contributed by atoms with Crippen LogP contribution in [-0.2, 0) is 6.54 Å². The predicted molar refractivity (Wildman–Crippen MR) is 84.6 cm³/mol. The second-order valence-corrected chi connectivity index (χ2v) is 6.53. The van der Waals surface area contributed by atoms with E-state index >= 15 is 0 Å². The van der Waals surface area contributed by atoms with Crippen LogP contribution >= 0.6 is 11.3 Å². The highest BCUT2D eigenvalue weighted by atomic mass is 32.1. The van der Waals surface area contributed by atoms with Gasteiger partial charge >= 0.3 is 0 Å². The quantitative estimate of drug-likeness (QED) is 0.943. The van der Waals surface area contributed by atoms with Crippen molar-refractivity contribution in [3.8, 4) is 10.6 Å². The topological polar surface area (TPSA) is 42.2 Å². The van der Waals surface area contributed by atoms with Gasteiger partial charge in [-0.2, -0.15) is 0 Å². The number of hydrogen-bond acceptors (Lipinski definition) is 4. The van der Waals surface area contributed by atoms with E-state index in [1.807, 2.05) is 6.07 Å². The molecule has 1 fully saturated rings. The SMILES string of the molecule is CC1CN(Cc2csc(-c3ccccc3)n2)CCC1N. The predicted octanol–water partition coefficient (Wildman–Crippen LogP) is 2.98. The molecule has 0 saturated carbocycles. The van der Waals surface area contributed by atoms with Gasteiger partial charge < -0.3 is 5.73 Å². The molecule has 0 spiro atoms. The van der Waals surface area contributed by atoms with Crippen LogP contribution in [-0.4, -0.2) is 29.0 Å². The van der Waals surface area contributed by atoms with Crippen LogP contribution in [0.25, 0.3) is 10.6 Å². The van der Waals surface area contributed by atoms with Crippen molar-refractivity contribution < 1.29 is 0 Å². The maximum absolute atomic E-state index is 6.07. The fraction of sp³-hybridized carbons (Fsp3) is 0.438. The average Bonchev–Trinajstić information content (AvgIpc) is 2.92. The van der Waals surface area contributed by atoms with Crippen LogP contribution in [0.5, 0.6) is 0 Å². The van der Waals surface area contributed by atoms with E-state index in [9.17, 15) is 0 Å². The van der Waals surface area contributed by atoms with E-state index in [0.29, 0.717) is 12.0 Å². The van der Waals surface area contributed by atoms with Gasteiger partial charge in [-0.25, -0.2) is 4.98 Å². The largest absolute Gasteiger partial charge is 0.327 e. The number of aromatic nitrogens is 1. The number of benzene rings is 1. The number of rotatable bonds is 3. The molecular formula is C16H21N3S. The molecule has 3 nitrogen and oxygen atoms in total. The van der Waals surface area contributed by atoms with E-state index in [1.165, 1.54) is 11.3 Å². The standard InChI is InChI=1S/C16H21N3S/c1-12-9-19(8-7-15(12)17)10-14-11-20-16(18-14)13-5-3-2-4-6-13/h2-6,11-12,15H,7-10,17H2,1H3. The number of likely N-dealkylation sites (tertiary alicyclic amines) is 1. The molecule has 0 aliphatic carbocycles. The second-order valence-electron chi connectivity index (χ2n) is 5.67. The monoisotopic (exact) mass is 287 g/mol. The lowest BCUT2D eigenvalue weighted by molar-refractivity contribution is 0.156. The summed E-state index contributed by atoms with van der Waals surface area (Å²) >= 11 is 1.73. The van der Waals surface area contributed by atoms with Gasteiger partial charge in [0.2, 0.25) is 0 Å². The fourth-order valence-electron chi connectivity index (χ4n) is 2.72. The molecule has 2 N–H and O–H groups in total. The molecule has 2 aromatic rings.